The minimum atomic E-state index is -1.62. The number of halogens is 1. The van der Waals surface area contributed by atoms with Crippen LogP contribution in [0.3, 0.4) is 0 Å². The fourth-order valence-corrected chi connectivity index (χ4v) is 12.6. The molecule has 0 bridgehead atoms. The molecule has 10 N–H and O–H groups in total. The third kappa shape index (κ3) is 13.5. The molecule has 2 fully saturated rings. The number of aromatic nitrogens is 4. The molecule has 7 amide bonds. The summed E-state index contributed by atoms with van der Waals surface area (Å²) in [5.41, 5.74) is 11.8. The molecule has 0 radical (unpaired) electrons. The molecule has 5 aromatic rings. The number of hydrogen-bond acceptors (Lipinski definition) is 17. The number of nitrogens with two attached hydrogens (primary N) is 1. The SMILES string of the molecule is Cc1ncsc1-c1ccc(C2NC(O)[C@@H]3C[C@@H](O)CN3C(=O)[C@H](C(C)(C)C)NC(=O)CSCC[C@H](C(N)=O)NC(=O)[C@@H](CNC(=O)C[C@@H]3N=C(c4ccc(Cl)cc4)c4c(sc(C)c4C)-n4c(C)nnc43)NC(=O)CNC2=O)cc1. The molecule has 22 nitrogen and oxygen atoms in total. The highest BCUT2D eigenvalue weighted by Crippen LogP contribution is 2.40. The van der Waals surface area contributed by atoms with Gasteiger partial charge in [-0.1, -0.05) is 68.8 Å². The van der Waals surface area contributed by atoms with Crippen LogP contribution in [0.25, 0.3) is 15.4 Å². The molecule has 0 spiro atoms. The van der Waals surface area contributed by atoms with E-state index in [0.29, 0.717) is 27.9 Å². The predicted octanol–water partition coefficient (Wildman–Crippen LogP) is 2.59. The van der Waals surface area contributed by atoms with Crippen LogP contribution in [-0.4, -0.2) is 150 Å². The van der Waals surface area contributed by atoms with Gasteiger partial charge >= 0.3 is 0 Å². The Labute approximate surface area is 473 Å². The largest absolute Gasteiger partial charge is 0.391 e. The molecule has 2 saturated heterocycles. The monoisotopic (exact) mass is 1160 g/mol. The summed E-state index contributed by atoms with van der Waals surface area (Å²) in [5, 5.41) is 49.3. The van der Waals surface area contributed by atoms with Crippen molar-refractivity contribution in [3.63, 3.8) is 0 Å². The number of aliphatic hydroxyl groups excluding tert-OH is 2. The van der Waals surface area contributed by atoms with Crippen molar-refractivity contribution in [1.29, 1.82) is 0 Å². The predicted molar refractivity (Wildman–Crippen MR) is 301 cm³/mol. The number of aliphatic imine (C=N–C) groups is 1. The van der Waals surface area contributed by atoms with Crippen molar-refractivity contribution in [2.75, 3.05) is 31.1 Å². The number of carbonyl (C=O) groups is 7. The number of rotatable bonds is 8. The Morgan fingerprint density at radius 3 is 2.29 bits per heavy atom. The second-order valence-electron chi connectivity index (χ2n) is 20.8. The van der Waals surface area contributed by atoms with E-state index in [1.165, 1.54) is 16.2 Å². The second kappa shape index (κ2) is 24.8. The molecule has 6 heterocycles. The van der Waals surface area contributed by atoms with Gasteiger partial charge in [-0.15, -0.1) is 32.9 Å². The van der Waals surface area contributed by atoms with Crippen molar-refractivity contribution in [2.45, 2.75) is 116 Å². The summed E-state index contributed by atoms with van der Waals surface area (Å²) in [5.74, 6) is -4.19. The fourth-order valence-electron chi connectivity index (χ4n) is 9.67. The molecule has 79 heavy (non-hydrogen) atoms. The first kappa shape index (κ1) is 58.5. The molecule has 3 aromatic heterocycles. The third-order valence-corrected chi connectivity index (χ3v) is 17.4. The van der Waals surface area contributed by atoms with Gasteiger partial charge in [0, 0.05) is 34.1 Å². The van der Waals surface area contributed by atoms with Gasteiger partial charge in [-0.25, -0.2) is 4.98 Å². The van der Waals surface area contributed by atoms with Crippen molar-refractivity contribution >= 4 is 93.1 Å². The van der Waals surface area contributed by atoms with E-state index in [1.807, 2.05) is 37.5 Å². The summed E-state index contributed by atoms with van der Waals surface area (Å²) in [4.78, 5) is 110. The maximum Gasteiger partial charge on any atom is 0.246 e. The Morgan fingerprint density at radius 2 is 1.62 bits per heavy atom. The lowest BCUT2D eigenvalue weighted by atomic mass is 9.85. The maximum atomic E-state index is 14.4. The Morgan fingerprint density at radius 1 is 0.911 bits per heavy atom. The first-order chi connectivity index (χ1) is 37.5. The zero-order valence-electron chi connectivity index (χ0n) is 44.6. The lowest BCUT2D eigenvalue weighted by molar-refractivity contribution is -0.142. The number of benzene rings is 2. The summed E-state index contributed by atoms with van der Waals surface area (Å²) in [7, 11) is 0. The molecule has 0 saturated carbocycles. The molecule has 2 aromatic carbocycles. The highest BCUT2D eigenvalue weighted by Gasteiger charge is 2.45. The number of primary amides is 1. The van der Waals surface area contributed by atoms with Gasteiger partial charge in [0.1, 0.15) is 47.3 Å². The first-order valence-corrected chi connectivity index (χ1v) is 28.8. The minimum absolute atomic E-state index is 0.0472. The summed E-state index contributed by atoms with van der Waals surface area (Å²) in [6.45, 7) is 11.6. The summed E-state index contributed by atoms with van der Waals surface area (Å²) in [6, 6.07) is 6.82. The second-order valence-corrected chi connectivity index (χ2v) is 24.4. The van der Waals surface area contributed by atoms with Gasteiger partial charge in [-0.05, 0) is 80.5 Å². The lowest BCUT2D eigenvalue weighted by Crippen LogP contribution is -2.59. The smallest absolute Gasteiger partial charge is 0.246 e. The van der Waals surface area contributed by atoms with Crippen LogP contribution in [0.5, 0.6) is 0 Å². The van der Waals surface area contributed by atoms with Gasteiger partial charge in [0.2, 0.25) is 41.4 Å². The third-order valence-electron chi connectivity index (χ3n) is 14.0. The lowest BCUT2D eigenvalue weighted by Gasteiger charge is -2.37. The Balaban J connectivity index is 1.07. The number of carbonyl (C=O) groups excluding carboxylic acids is 7. The van der Waals surface area contributed by atoms with E-state index in [4.69, 9.17) is 22.3 Å². The van der Waals surface area contributed by atoms with E-state index >= 15 is 0 Å². The molecule has 0 aliphatic carbocycles. The van der Waals surface area contributed by atoms with E-state index in [2.05, 4.69) is 47.1 Å². The van der Waals surface area contributed by atoms with Crippen LogP contribution < -0.4 is 37.6 Å². The van der Waals surface area contributed by atoms with Crippen LogP contribution in [0.4, 0.5) is 0 Å². The van der Waals surface area contributed by atoms with E-state index < -0.39 is 108 Å². The fraction of sp³-hybridized carbons (Fsp3) is 0.453. The highest BCUT2D eigenvalue weighted by molar-refractivity contribution is 7.99. The van der Waals surface area contributed by atoms with Crippen LogP contribution >= 0.6 is 46.0 Å². The Hall–Kier alpha value is -6.61. The minimum Gasteiger partial charge on any atom is -0.391 e. The van der Waals surface area contributed by atoms with E-state index in [0.717, 1.165) is 54.5 Å². The molecular formula is C53H64ClN13O9S3. The average molecular weight is 1160 g/mol. The summed E-state index contributed by atoms with van der Waals surface area (Å²) < 4.78 is 1.88. The van der Waals surface area contributed by atoms with Gasteiger partial charge in [0.05, 0.1) is 52.7 Å². The molecule has 26 heteroatoms. The molecule has 8 atom stereocenters. The zero-order valence-corrected chi connectivity index (χ0v) is 47.8. The van der Waals surface area contributed by atoms with Crippen LogP contribution in [0, 0.1) is 33.1 Å². The quantitative estimate of drug-likeness (QED) is 0.108. The summed E-state index contributed by atoms with van der Waals surface area (Å²) >= 11 is 10.4. The van der Waals surface area contributed by atoms with Crippen LogP contribution in [0.2, 0.25) is 5.02 Å². The standard InChI is InChI=1S/C53H64ClN13O9S3/c1-25-27(3)79-52-41(25)42(29-12-14-32(54)15-13-29)60-35(47-65-64-28(4)67(47)52)19-38(69)56-20-36-48(73)61-34(46(55)72)16-17-77-23-40(71)62-45(53(5,6)7)51(76)66-22-33(68)18-37(66)49(74)63-43(50(75)57-21-39(70)59-36)30-8-10-31(11-9-30)44-26(2)58-24-78-44/h8-15,24,33-37,43,45,49,63,68,74H,16-23H2,1-7H3,(H2,55,72)(H,56,69)(H,57,75)(H,59,70)(H,61,73)(H,62,71)/t33-,34-,35+,36-,37+,43?,45-,49?/m1/s1. The normalized spacial score (nSPS) is 24.0. The van der Waals surface area contributed by atoms with E-state index in [9.17, 15) is 43.8 Å². The molecule has 3 aliphatic heterocycles. The number of amides is 7. The van der Waals surface area contributed by atoms with Gasteiger partial charge in [0.15, 0.2) is 5.82 Å². The van der Waals surface area contributed by atoms with Gasteiger partial charge in [0.25, 0.3) is 0 Å². The van der Waals surface area contributed by atoms with Gasteiger partial charge < -0.3 is 47.4 Å². The number of thioether (sulfide) groups is 1. The number of nitrogens with one attached hydrogen (secondary N) is 6. The van der Waals surface area contributed by atoms with Gasteiger partial charge in [-0.2, -0.15) is 11.8 Å². The molecule has 8 rings (SSSR count). The molecule has 3 aliphatic rings. The average Bonchev–Trinajstić information content (AvgIpc) is 4.32. The van der Waals surface area contributed by atoms with E-state index in [-0.39, 0.29) is 37.3 Å². The maximum absolute atomic E-state index is 14.4. The summed E-state index contributed by atoms with van der Waals surface area (Å²) in [6.07, 6.45) is -3.07. The van der Waals surface area contributed by atoms with Crippen LogP contribution in [0.1, 0.15) is 96.6 Å². The molecular weight excluding hydrogens is 1090 g/mol. The van der Waals surface area contributed by atoms with Crippen molar-refractivity contribution < 1.29 is 43.8 Å². The number of aliphatic hydroxyl groups is 2. The highest BCUT2D eigenvalue weighted by atomic mass is 35.5. The van der Waals surface area contributed by atoms with E-state index in [1.54, 1.807) is 80.9 Å². The Kier molecular flexibility index (Phi) is 18.4. The van der Waals surface area contributed by atoms with Crippen LogP contribution in [-0.2, 0) is 33.6 Å². The number of fused-ring (bicyclic) bond motifs is 4. The van der Waals surface area contributed by atoms with Crippen molar-refractivity contribution in [2.24, 2.45) is 16.1 Å². The van der Waals surface area contributed by atoms with Crippen molar-refractivity contribution in [3.05, 3.63) is 104 Å². The Bertz CT molecular complexity index is 3160. The van der Waals surface area contributed by atoms with Gasteiger partial charge in [-0.3, -0.25) is 48.4 Å². The van der Waals surface area contributed by atoms with Crippen molar-refractivity contribution in [3.8, 4) is 15.4 Å². The number of thiophene rings is 1. The number of hydrogen-bond donors (Lipinski definition) is 9. The number of nitrogens with zero attached hydrogens (tertiary/aromatic N) is 6. The molecule has 420 valence electrons. The zero-order chi connectivity index (χ0) is 57.0. The first-order valence-electron chi connectivity index (χ1n) is 25.6. The number of aryl methyl sites for hydroxylation is 3. The molecule has 2 unspecified atom stereocenters. The van der Waals surface area contributed by atoms with Crippen LogP contribution in [0.15, 0.2) is 59.0 Å². The van der Waals surface area contributed by atoms with Crippen molar-refractivity contribution in [1.82, 2.24) is 56.5 Å². The topological polar surface area (TPSA) is 317 Å². The number of thiazole rings is 1.